The number of aromatic nitrogens is 2. The molecule has 12 heteroatoms. The fourth-order valence-electron chi connectivity index (χ4n) is 3.83. The fourth-order valence-corrected chi connectivity index (χ4v) is 3.83. The number of nitrogens with zero attached hydrogens (tertiary/aromatic N) is 1. The molecular formula is C22H33FN2O9. The van der Waals surface area contributed by atoms with Crippen LogP contribution < -0.4 is 11.2 Å². The molecule has 192 valence electrons. The van der Waals surface area contributed by atoms with Gasteiger partial charge in [-0.1, -0.05) is 26.7 Å². The predicted octanol–water partition coefficient (Wildman–Crippen LogP) is 1.25. The number of H-pyrrole nitrogens is 1. The Labute approximate surface area is 196 Å². The molecule has 0 aromatic carbocycles. The van der Waals surface area contributed by atoms with E-state index in [1.165, 1.54) is 6.92 Å². The summed E-state index contributed by atoms with van der Waals surface area (Å²) in [4.78, 5) is 50.6. The summed E-state index contributed by atoms with van der Waals surface area (Å²) in [6.07, 6.45) is 1.36. The van der Waals surface area contributed by atoms with E-state index in [9.17, 15) is 23.6 Å². The van der Waals surface area contributed by atoms with E-state index in [0.717, 1.165) is 43.2 Å². The third-order valence-electron chi connectivity index (χ3n) is 5.60. The minimum atomic E-state index is -1.87. The minimum absolute atomic E-state index is 0.167. The number of methoxy groups -OCH3 is 1. The van der Waals surface area contributed by atoms with E-state index in [0.29, 0.717) is 13.0 Å². The lowest BCUT2D eigenvalue weighted by Gasteiger charge is -2.37. The van der Waals surface area contributed by atoms with Crippen molar-refractivity contribution >= 4 is 11.9 Å². The maximum atomic E-state index is 14.7. The molecule has 0 spiro atoms. The van der Waals surface area contributed by atoms with Gasteiger partial charge in [0.1, 0.15) is 12.8 Å². The summed E-state index contributed by atoms with van der Waals surface area (Å²) in [5.74, 6) is -2.67. The summed E-state index contributed by atoms with van der Waals surface area (Å²) >= 11 is 0. The van der Waals surface area contributed by atoms with Gasteiger partial charge >= 0.3 is 17.6 Å². The van der Waals surface area contributed by atoms with Crippen molar-refractivity contribution in [2.75, 3.05) is 33.6 Å². The maximum Gasteiger partial charge on any atom is 0.418 e. The van der Waals surface area contributed by atoms with Crippen molar-refractivity contribution in [3.8, 4) is 0 Å². The van der Waals surface area contributed by atoms with Gasteiger partial charge in [-0.25, -0.2) is 18.8 Å². The summed E-state index contributed by atoms with van der Waals surface area (Å²) < 4.78 is 43.3. The van der Waals surface area contributed by atoms with E-state index in [1.807, 2.05) is 13.8 Å². The number of hydrogen-bond donors (Lipinski definition) is 1. The van der Waals surface area contributed by atoms with E-state index in [-0.39, 0.29) is 13.2 Å². The number of nitrogens with one attached hydrogen (secondary N) is 1. The van der Waals surface area contributed by atoms with Crippen LogP contribution in [-0.2, 0) is 33.3 Å². The van der Waals surface area contributed by atoms with Crippen LogP contribution in [0.5, 0.6) is 0 Å². The number of rotatable bonds is 12. The second kappa shape index (κ2) is 12.2. The van der Waals surface area contributed by atoms with Crippen molar-refractivity contribution in [3.05, 3.63) is 33.1 Å². The molecule has 0 radical (unpaired) electrons. The molecular weight excluding hydrogens is 455 g/mol. The second-order valence-corrected chi connectivity index (χ2v) is 8.26. The summed E-state index contributed by atoms with van der Waals surface area (Å²) in [5.41, 5.74) is -5.19. The van der Waals surface area contributed by atoms with Gasteiger partial charge in [-0.2, -0.15) is 0 Å². The molecule has 1 aromatic heterocycles. The Kier molecular flexibility index (Phi) is 9.95. The molecule has 1 aromatic rings. The van der Waals surface area contributed by atoms with Crippen LogP contribution in [0.4, 0.5) is 4.39 Å². The van der Waals surface area contributed by atoms with Gasteiger partial charge in [-0.15, -0.1) is 0 Å². The van der Waals surface area contributed by atoms with Crippen molar-refractivity contribution in [1.29, 1.82) is 0 Å². The van der Waals surface area contributed by atoms with Crippen LogP contribution >= 0.6 is 0 Å². The predicted molar refractivity (Wildman–Crippen MR) is 117 cm³/mol. The molecule has 0 amide bonds. The standard InChI is InChI=1S/C22H33FN2O9/c1-5-7-11-31-14-22(13-23)18(32-12-8-6-2)21(3,33-17(28)16(27)30-4)19(34-22)25-10-9-15(26)24-20(25)29/h9-10,18-19H,5-8,11-14H2,1-4H3,(H,24,26,29)/t18-,19+,21+,22+/m0/s1. The molecule has 1 aliphatic heterocycles. The maximum absolute atomic E-state index is 14.7. The number of carbonyl (C=O) groups is 2. The number of aromatic amines is 1. The number of carbonyl (C=O) groups excluding carboxylic acids is 2. The van der Waals surface area contributed by atoms with E-state index >= 15 is 0 Å². The van der Waals surface area contributed by atoms with Crippen molar-refractivity contribution in [2.45, 2.75) is 70.0 Å². The first-order valence-electron chi connectivity index (χ1n) is 11.2. The third-order valence-corrected chi connectivity index (χ3v) is 5.60. The molecule has 2 rings (SSSR count). The lowest BCUT2D eigenvalue weighted by atomic mass is 9.87. The van der Waals surface area contributed by atoms with Gasteiger partial charge in [-0.05, 0) is 19.8 Å². The van der Waals surface area contributed by atoms with Gasteiger partial charge < -0.3 is 23.7 Å². The summed E-state index contributed by atoms with van der Waals surface area (Å²) in [6, 6.07) is 1.06. The number of esters is 2. The molecule has 11 nitrogen and oxygen atoms in total. The van der Waals surface area contributed by atoms with Crippen molar-refractivity contribution in [2.24, 2.45) is 0 Å². The van der Waals surface area contributed by atoms with Gasteiger partial charge in [0.25, 0.3) is 5.56 Å². The molecule has 34 heavy (non-hydrogen) atoms. The molecule has 1 N–H and O–H groups in total. The summed E-state index contributed by atoms with van der Waals surface area (Å²) in [7, 11) is 1.00. The first-order chi connectivity index (χ1) is 16.2. The van der Waals surface area contributed by atoms with Crippen LogP contribution in [0.2, 0.25) is 0 Å². The Morgan fingerprint density at radius 3 is 2.44 bits per heavy atom. The van der Waals surface area contributed by atoms with E-state index in [2.05, 4.69) is 9.72 Å². The van der Waals surface area contributed by atoms with Gasteiger partial charge in [0.2, 0.25) is 0 Å². The SMILES string of the molecule is CCCCOC[C@@]1(CF)O[C@@H](n2ccc(=O)[nH]c2=O)[C@](C)(OC(=O)C(=O)OC)[C@@H]1OCCCC. The Balaban J connectivity index is 2.60. The highest BCUT2D eigenvalue weighted by Gasteiger charge is 2.66. The molecule has 0 unspecified atom stereocenters. The Morgan fingerprint density at radius 1 is 1.18 bits per heavy atom. The first kappa shape index (κ1) is 27.7. The quantitative estimate of drug-likeness (QED) is 0.262. The number of alkyl halides is 1. The van der Waals surface area contributed by atoms with Crippen LogP contribution in [0, 0.1) is 0 Å². The van der Waals surface area contributed by atoms with Crippen LogP contribution in [0.1, 0.15) is 52.7 Å². The summed E-state index contributed by atoms with van der Waals surface area (Å²) in [5, 5.41) is 0. The average Bonchev–Trinajstić information content (AvgIpc) is 3.04. The average molecular weight is 489 g/mol. The molecule has 1 aliphatic rings. The summed E-state index contributed by atoms with van der Waals surface area (Å²) in [6.45, 7) is 4.40. The monoisotopic (exact) mass is 488 g/mol. The molecule has 2 heterocycles. The molecule has 0 saturated carbocycles. The van der Waals surface area contributed by atoms with Crippen LogP contribution in [-0.4, -0.2) is 72.4 Å². The Hall–Kier alpha value is -2.57. The molecule has 0 aliphatic carbocycles. The van der Waals surface area contributed by atoms with Crippen molar-refractivity contribution in [1.82, 2.24) is 9.55 Å². The van der Waals surface area contributed by atoms with Gasteiger partial charge in [0.15, 0.2) is 17.4 Å². The highest BCUT2D eigenvalue weighted by atomic mass is 19.1. The smallest absolute Gasteiger partial charge is 0.418 e. The van der Waals surface area contributed by atoms with E-state index in [1.54, 1.807) is 0 Å². The van der Waals surface area contributed by atoms with Crippen molar-refractivity contribution in [3.63, 3.8) is 0 Å². The van der Waals surface area contributed by atoms with Crippen LogP contribution in [0.25, 0.3) is 0 Å². The highest BCUT2D eigenvalue weighted by Crippen LogP contribution is 2.48. The Bertz CT molecular complexity index is 949. The fraction of sp³-hybridized carbons (Fsp3) is 0.727. The van der Waals surface area contributed by atoms with E-state index in [4.69, 9.17) is 18.9 Å². The zero-order valence-corrected chi connectivity index (χ0v) is 20.0. The number of unbranched alkanes of at least 4 members (excludes halogenated alkanes) is 2. The van der Waals surface area contributed by atoms with Crippen LogP contribution in [0.3, 0.4) is 0 Å². The van der Waals surface area contributed by atoms with Gasteiger partial charge in [-0.3, -0.25) is 14.3 Å². The molecule has 0 bridgehead atoms. The molecule has 4 atom stereocenters. The second-order valence-electron chi connectivity index (χ2n) is 8.26. The highest BCUT2D eigenvalue weighted by molar-refractivity contribution is 6.29. The largest absolute Gasteiger partial charge is 0.461 e. The number of halogens is 1. The topological polar surface area (TPSA) is 135 Å². The third kappa shape index (κ3) is 5.91. The van der Waals surface area contributed by atoms with Gasteiger partial charge in [0, 0.05) is 25.5 Å². The van der Waals surface area contributed by atoms with E-state index < -0.39 is 53.4 Å². The number of ether oxygens (including phenoxy) is 5. The zero-order valence-electron chi connectivity index (χ0n) is 20.0. The first-order valence-corrected chi connectivity index (χ1v) is 11.2. The van der Waals surface area contributed by atoms with Crippen molar-refractivity contribution < 1.29 is 37.7 Å². The zero-order chi connectivity index (χ0) is 25.4. The van der Waals surface area contributed by atoms with Crippen LogP contribution in [0.15, 0.2) is 21.9 Å². The molecule has 1 saturated heterocycles. The lowest BCUT2D eigenvalue weighted by Crippen LogP contribution is -2.57. The normalized spacial score (nSPS) is 26.4. The minimum Gasteiger partial charge on any atom is -0.461 e. The lowest BCUT2D eigenvalue weighted by molar-refractivity contribution is -0.192. The Morgan fingerprint density at radius 2 is 1.85 bits per heavy atom. The van der Waals surface area contributed by atoms with Gasteiger partial charge in [0.05, 0.1) is 13.7 Å². The molecule has 1 fully saturated rings. The number of hydrogen-bond acceptors (Lipinski definition) is 9.